The Morgan fingerprint density at radius 3 is 2.38 bits per heavy atom. The second kappa shape index (κ2) is 8.43. The molecule has 1 aromatic heterocycles. The Morgan fingerprint density at radius 2 is 1.74 bits per heavy atom. The standard InChI is InChI=1S/C27H34N4O3/c1-34-23-6-4-22(5-7-23)31-10-8-21(29-31)17-28-25(32)24-3-2-9-30(24)26(33)27-14-18-11-19(15-27)13-20(12-18)16-27/h4-8,10,18-20,24H,2-3,9,11-17H2,1H3,(H,28,32). The van der Waals surface area contributed by atoms with Crippen molar-refractivity contribution >= 4 is 11.8 Å². The number of benzene rings is 1. The minimum absolute atomic E-state index is 0.0467. The zero-order chi connectivity index (χ0) is 23.3. The maximum atomic E-state index is 13.8. The van der Waals surface area contributed by atoms with E-state index < -0.39 is 0 Å². The van der Waals surface area contributed by atoms with E-state index in [9.17, 15) is 9.59 Å². The van der Waals surface area contributed by atoms with Gasteiger partial charge in [-0.05, 0) is 99.5 Å². The topological polar surface area (TPSA) is 76.5 Å². The summed E-state index contributed by atoms with van der Waals surface area (Å²) in [5, 5.41) is 7.65. The van der Waals surface area contributed by atoms with Gasteiger partial charge < -0.3 is 15.0 Å². The van der Waals surface area contributed by atoms with Crippen LogP contribution in [0.2, 0.25) is 0 Å². The molecule has 1 atom stereocenters. The summed E-state index contributed by atoms with van der Waals surface area (Å²) in [4.78, 5) is 28.9. The molecule has 2 amide bonds. The summed E-state index contributed by atoms with van der Waals surface area (Å²) in [6, 6.07) is 9.25. The van der Waals surface area contributed by atoms with Crippen LogP contribution in [0.4, 0.5) is 0 Å². The molecule has 0 spiro atoms. The lowest BCUT2D eigenvalue weighted by atomic mass is 9.49. The number of nitrogens with zero attached hydrogens (tertiary/aromatic N) is 3. The minimum atomic E-state index is -0.343. The van der Waals surface area contributed by atoms with E-state index in [4.69, 9.17) is 4.74 Å². The van der Waals surface area contributed by atoms with E-state index in [1.54, 1.807) is 11.8 Å². The van der Waals surface area contributed by atoms with Crippen LogP contribution >= 0.6 is 0 Å². The van der Waals surface area contributed by atoms with Crippen LogP contribution in [0.3, 0.4) is 0 Å². The smallest absolute Gasteiger partial charge is 0.243 e. The first-order chi connectivity index (χ1) is 16.5. The molecule has 5 aliphatic rings. The van der Waals surface area contributed by atoms with Gasteiger partial charge in [0.15, 0.2) is 0 Å². The van der Waals surface area contributed by atoms with Crippen molar-refractivity contribution in [1.82, 2.24) is 20.0 Å². The van der Waals surface area contributed by atoms with E-state index in [-0.39, 0.29) is 23.3 Å². The Hall–Kier alpha value is -2.83. The van der Waals surface area contributed by atoms with E-state index in [0.29, 0.717) is 13.1 Å². The molecule has 2 aromatic rings. The number of nitrogens with one attached hydrogen (secondary N) is 1. The second-order valence-electron chi connectivity index (χ2n) is 11.0. The van der Waals surface area contributed by atoms with Crippen LogP contribution < -0.4 is 10.1 Å². The molecule has 7 rings (SSSR count). The average molecular weight is 463 g/mol. The minimum Gasteiger partial charge on any atom is -0.497 e. The molecule has 4 bridgehead atoms. The van der Waals surface area contributed by atoms with Gasteiger partial charge in [0, 0.05) is 12.7 Å². The molecule has 7 nitrogen and oxygen atoms in total. The summed E-state index contributed by atoms with van der Waals surface area (Å²) in [5.41, 5.74) is 1.54. The molecule has 1 unspecified atom stereocenters. The molecule has 4 saturated carbocycles. The molecule has 4 aliphatic carbocycles. The number of rotatable bonds is 6. The Kier molecular flexibility index (Phi) is 5.38. The number of hydrogen-bond donors (Lipinski definition) is 1. The quantitative estimate of drug-likeness (QED) is 0.710. The Morgan fingerprint density at radius 1 is 1.06 bits per heavy atom. The third kappa shape index (κ3) is 3.79. The van der Waals surface area contributed by atoms with Crippen LogP contribution in [0.1, 0.15) is 57.1 Å². The monoisotopic (exact) mass is 462 g/mol. The van der Waals surface area contributed by atoms with Crippen molar-refractivity contribution in [3.8, 4) is 11.4 Å². The maximum absolute atomic E-state index is 13.8. The second-order valence-corrected chi connectivity index (χ2v) is 11.0. The Balaban J connectivity index is 1.09. The summed E-state index contributed by atoms with van der Waals surface area (Å²) in [6.07, 6.45) is 10.6. The molecule has 1 saturated heterocycles. The molecule has 1 aliphatic heterocycles. The van der Waals surface area contributed by atoms with Gasteiger partial charge in [-0.3, -0.25) is 9.59 Å². The van der Waals surface area contributed by atoms with E-state index >= 15 is 0 Å². The summed E-state index contributed by atoms with van der Waals surface area (Å²) in [7, 11) is 1.64. The summed E-state index contributed by atoms with van der Waals surface area (Å²) < 4.78 is 7.00. The lowest BCUT2D eigenvalue weighted by Gasteiger charge is -2.56. The molecular formula is C27H34N4O3. The molecule has 180 valence electrons. The summed E-state index contributed by atoms with van der Waals surface area (Å²) in [5.74, 6) is 3.21. The van der Waals surface area contributed by atoms with Crippen molar-refractivity contribution < 1.29 is 14.3 Å². The van der Waals surface area contributed by atoms with Gasteiger partial charge in [0.1, 0.15) is 11.8 Å². The molecular weight excluding hydrogens is 428 g/mol. The van der Waals surface area contributed by atoms with Crippen LogP contribution in [-0.4, -0.2) is 46.2 Å². The fraction of sp³-hybridized carbons (Fsp3) is 0.593. The maximum Gasteiger partial charge on any atom is 0.243 e. The highest BCUT2D eigenvalue weighted by Gasteiger charge is 2.56. The number of carbonyl (C=O) groups excluding carboxylic acids is 2. The SMILES string of the molecule is COc1ccc(-n2ccc(CNC(=O)C3CCCN3C(=O)C34CC5CC(CC(C5)C3)C4)n2)cc1. The van der Waals surface area contributed by atoms with E-state index in [0.717, 1.165) is 67.0 Å². The highest BCUT2D eigenvalue weighted by atomic mass is 16.5. The molecule has 0 radical (unpaired) electrons. The fourth-order valence-electron chi connectivity index (χ4n) is 7.59. The highest BCUT2D eigenvalue weighted by molar-refractivity contribution is 5.91. The molecule has 2 heterocycles. The zero-order valence-electron chi connectivity index (χ0n) is 19.9. The lowest BCUT2D eigenvalue weighted by Crippen LogP contribution is -2.57. The van der Waals surface area contributed by atoms with Crippen LogP contribution in [-0.2, 0) is 16.1 Å². The van der Waals surface area contributed by atoms with E-state index in [1.807, 2.05) is 41.4 Å². The van der Waals surface area contributed by atoms with Crippen LogP contribution in [0.15, 0.2) is 36.5 Å². The van der Waals surface area contributed by atoms with Gasteiger partial charge in [0.25, 0.3) is 0 Å². The van der Waals surface area contributed by atoms with E-state index in [1.165, 1.54) is 19.3 Å². The van der Waals surface area contributed by atoms with Crippen molar-refractivity contribution in [3.63, 3.8) is 0 Å². The number of ether oxygens (including phenoxy) is 1. The zero-order valence-corrected chi connectivity index (χ0v) is 19.9. The van der Waals surface area contributed by atoms with Crippen molar-refractivity contribution in [2.75, 3.05) is 13.7 Å². The first-order valence-corrected chi connectivity index (χ1v) is 12.8. The Bertz CT molecular complexity index is 1040. The van der Waals surface area contributed by atoms with Crippen LogP contribution in [0.5, 0.6) is 5.75 Å². The number of carbonyl (C=O) groups is 2. The van der Waals surface area contributed by atoms with Crippen molar-refractivity contribution in [3.05, 3.63) is 42.2 Å². The molecule has 5 fully saturated rings. The van der Waals surface area contributed by atoms with Gasteiger partial charge in [-0.2, -0.15) is 5.10 Å². The Labute approximate surface area is 200 Å². The molecule has 1 aromatic carbocycles. The number of hydrogen-bond acceptors (Lipinski definition) is 4. The number of likely N-dealkylation sites (tertiary alicyclic amines) is 1. The van der Waals surface area contributed by atoms with Gasteiger partial charge in [0.2, 0.25) is 11.8 Å². The number of methoxy groups -OCH3 is 1. The first kappa shape index (κ1) is 21.7. The largest absolute Gasteiger partial charge is 0.497 e. The van der Waals surface area contributed by atoms with Crippen molar-refractivity contribution in [2.24, 2.45) is 23.2 Å². The first-order valence-electron chi connectivity index (χ1n) is 12.8. The van der Waals surface area contributed by atoms with Gasteiger partial charge in [0.05, 0.1) is 30.5 Å². The third-order valence-corrected chi connectivity index (χ3v) is 8.73. The van der Waals surface area contributed by atoms with E-state index in [2.05, 4.69) is 10.4 Å². The van der Waals surface area contributed by atoms with Gasteiger partial charge in [-0.1, -0.05) is 0 Å². The van der Waals surface area contributed by atoms with Gasteiger partial charge >= 0.3 is 0 Å². The van der Waals surface area contributed by atoms with Crippen molar-refractivity contribution in [2.45, 2.75) is 64.0 Å². The molecule has 7 heteroatoms. The number of aromatic nitrogens is 2. The van der Waals surface area contributed by atoms with Crippen LogP contribution in [0.25, 0.3) is 5.69 Å². The normalized spacial score (nSPS) is 31.6. The highest BCUT2D eigenvalue weighted by Crippen LogP contribution is 2.60. The predicted octanol–water partition coefficient (Wildman–Crippen LogP) is 3.70. The molecule has 1 N–H and O–H groups in total. The predicted molar refractivity (Wildman–Crippen MR) is 127 cm³/mol. The summed E-state index contributed by atoms with van der Waals surface area (Å²) >= 11 is 0. The average Bonchev–Trinajstić information content (AvgIpc) is 3.51. The number of amides is 2. The third-order valence-electron chi connectivity index (χ3n) is 8.73. The lowest BCUT2D eigenvalue weighted by molar-refractivity contribution is -0.160. The van der Waals surface area contributed by atoms with Crippen molar-refractivity contribution in [1.29, 1.82) is 0 Å². The van der Waals surface area contributed by atoms with Gasteiger partial charge in [-0.25, -0.2) is 4.68 Å². The summed E-state index contributed by atoms with van der Waals surface area (Å²) in [6.45, 7) is 1.07. The van der Waals surface area contributed by atoms with Crippen LogP contribution in [0, 0.1) is 23.2 Å². The fourth-order valence-corrected chi connectivity index (χ4v) is 7.59. The van der Waals surface area contributed by atoms with Gasteiger partial charge in [-0.15, -0.1) is 0 Å². The molecule has 34 heavy (non-hydrogen) atoms.